The maximum Gasteiger partial charge on any atom is 0.242 e. The highest BCUT2D eigenvalue weighted by Gasteiger charge is 2.34. The van der Waals surface area contributed by atoms with Gasteiger partial charge in [-0.2, -0.15) is 0 Å². The predicted molar refractivity (Wildman–Crippen MR) is 104 cm³/mol. The number of hydrogen-bond donors (Lipinski definition) is 1. The van der Waals surface area contributed by atoms with Crippen LogP contribution in [0.2, 0.25) is 0 Å². The van der Waals surface area contributed by atoms with Crippen molar-refractivity contribution in [3.63, 3.8) is 0 Å². The second-order valence-corrected chi connectivity index (χ2v) is 7.81. The lowest BCUT2D eigenvalue weighted by molar-refractivity contribution is -0.116. The molecule has 0 bridgehead atoms. The molecular weight excluding hydrogens is 375 g/mol. The second kappa shape index (κ2) is 7.68. The number of thioether (sulfide) groups is 1. The first-order valence-corrected chi connectivity index (χ1v) is 9.60. The zero-order valence-electron chi connectivity index (χ0n) is 14.3. The zero-order valence-corrected chi connectivity index (χ0v) is 15.9. The Balaban J connectivity index is 1.91. The predicted octanol–water partition coefficient (Wildman–Crippen LogP) is 4.48. The van der Waals surface area contributed by atoms with E-state index in [-0.39, 0.29) is 23.0 Å². The molecule has 0 spiro atoms. The maximum atomic E-state index is 14.0. The number of rotatable bonds is 4. The molecule has 0 aliphatic carbocycles. The van der Waals surface area contributed by atoms with Crippen LogP contribution >= 0.6 is 23.4 Å². The fourth-order valence-electron chi connectivity index (χ4n) is 2.69. The van der Waals surface area contributed by atoms with E-state index in [0.29, 0.717) is 22.7 Å². The molecular formula is C19H18ClFN2O2S. The van der Waals surface area contributed by atoms with Gasteiger partial charge in [-0.25, -0.2) is 4.39 Å². The van der Waals surface area contributed by atoms with Crippen molar-refractivity contribution in [3.8, 4) is 0 Å². The fourth-order valence-corrected chi connectivity index (χ4v) is 3.91. The Hall–Kier alpha value is -2.05. The molecule has 1 aliphatic heterocycles. The monoisotopic (exact) mass is 392 g/mol. The zero-order chi connectivity index (χ0) is 18.8. The highest BCUT2D eigenvalue weighted by Crippen LogP contribution is 2.42. The van der Waals surface area contributed by atoms with Crippen molar-refractivity contribution >= 4 is 46.6 Å². The quantitative estimate of drug-likeness (QED) is 0.780. The van der Waals surface area contributed by atoms with Gasteiger partial charge in [-0.1, -0.05) is 18.2 Å². The third kappa shape index (κ3) is 3.86. The molecule has 2 amide bonds. The molecule has 136 valence electrons. The molecule has 1 N–H and O–H groups in total. The van der Waals surface area contributed by atoms with E-state index in [1.54, 1.807) is 43.0 Å². The Morgan fingerprint density at radius 2 is 2.12 bits per heavy atom. The van der Waals surface area contributed by atoms with E-state index in [1.165, 1.54) is 17.8 Å². The first-order chi connectivity index (χ1) is 12.4. The lowest BCUT2D eigenvalue weighted by atomic mass is 10.1. The number of alkyl halides is 1. The maximum absolute atomic E-state index is 14.0. The van der Waals surface area contributed by atoms with E-state index in [4.69, 9.17) is 11.6 Å². The molecule has 1 heterocycles. The molecule has 26 heavy (non-hydrogen) atoms. The number of anilines is 2. The molecule has 0 aromatic heterocycles. The summed E-state index contributed by atoms with van der Waals surface area (Å²) < 4.78 is 14.0. The number of nitrogens with zero attached hydrogens (tertiary/aromatic N) is 1. The molecule has 2 aromatic carbocycles. The molecule has 0 radical (unpaired) electrons. The highest BCUT2D eigenvalue weighted by molar-refractivity contribution is 8.00. The molecule has 2 atom stereocenters. The van der Waals surface area contributed by atoms with Crippen LogP contribution in [-0.4, -0.2) is 22.9 Å². The summed E-state index contributed by atoms with van der Waals surface area (Å²) in [6.07, 6.45) is 0. The van der Waals surface area contributed by atoms with Gasteiger partial charge in [-0.3, -0.25) is 14.5 Å². The third-order valence-electron chi connectivity index (χ3n) is 4.10. The van der Waals surface area contributed by atoms with Gasteiger partial charge in [-0.05, 0) is 49.2 Å². The summed E-state index contributed by atoms with van der Waals surface area (Å²) in [5.74, 6) is -0.401. The van der Waals surface area contributed by atoms with Crippen LogP contribution in [0.3, 0.4) is 0 Å². The number of nitrogens with one attached hydrogen (secondary N) is 1. The lowest BCUT2D eigenvalue weighted by Gasteiger charge is -2.25. The van der Waals surface area contributed by atoms with Gasteiger partial charge in [0.2, 0.25) is 11.8 Å². The van der Waals surface area contributed by atoms with Gasteiger partial charge in [0.05, 0.1) is 5.75 Å². The summed E-state index contributed by atoms with van der Waals surface area (Å²) in [5.41, 5.74) is 2.51. The molecule has 1 fully saturated rings. The summed E-state index contributed by atoms with van der Waals surface area (Å²) in [5, 5.41) is 1.82. The van der Waals surface area contributed by atoms with E-state index in [0.717, 1.165) is 5.56 Å². The highest BCUT2D eigenvalue weighted by atomic mass is 35.5. The van der Waals surface area contributed by atoms with Crippen LogP contribution in [0, 0.1) is 12.7 Å². The minimum Gasteiger partial charge on any atom is -0.325 e. The third-order valence-corrected chi connectivity index (χ3v) is 5.51. The number of carbonyl (C=O) groups excluding carboxylic acids is 2. The van der Waals surface area contributed by atoms with Crippen molar-refractivity contribution < 1.29 is 14.0 Å². The standard InChI is InChI=1S/C19H18ClFN2O2S/c1-11-6-7-15(9-16(11)21)23-17(24)10-26-19(23)13-4-3-5-14(8-13)22-18(25)12(2)20/h3-9,12,19H,10H2,1-2H3,(H,22,25)/t12-,19+/m1/s1. The van der Waals surface area contributed by atoms with E-state index in [9.17, 15) is 14.0 Å². The number of aryl methyl sites for hydroxylation is 1. The van der Waals surface area contributed by atoms with E-state index in [1.807, 2.05) is 12.1 Å². The minimum absolute atomic E-state index is 0.0768. The van der Waals surface area contributed by atoms with Gasteiger partial charge in [0.25, 0.3) is 0 Å². The number of hydrogen-bond acceptors (Lipinski definition) is 3. The van der Waals surface area contributed by atoms with Crippen LogP contribution in [0.25, 0.3) is 0 Å². The summed E-state index contributed by atoms with van der Waals surface area (Å²) in [4.78, 5) is 25.8. The summed E-state index contributed by atoms with van der Waals surface area (Å²) >= 11 is 7.26. The van der Waals surface area contributed by atoms with Gasteiger partial charge in [0.15, 0.2) is 0 Å². The van der Waals surface area contributed by atoms with Gasteiger partial charge >= 0.3 is 0 Å². The number of amides is 2. The van der Waals surface area contributed by atoms with Gasteiger partial charge in [0, 0.05) is 11.4 Å². The molecule has 1 aliphatic rings. The lowest BCUT2D eigenvalue weighted by Crippen LogP contribution is -2.28. The first kappa shape index (κ1) is 18.7. The fraction of sp³-hybridized carbons (Fsp3) is 0.263. The molecule has 0 unspecified atom stereocenters. The van der Waals surface area contributed by atoms with Gasteiger partial charge < -0.3 is 5.32 Å². The van der Waals surface area contributed by atoms with Crippen molar-refractivity contribution in [1.29, 1.82) is 0 Å². The largest absolute Gasteiger partial charge is 0.325 e. The molecule has 7 heteroatoms. The molecule has 0 saturated carbocycles. The minimum atomic E-state index is -0.645. The van der Waals surface area contributed by atoms with Crippen molar-refractivity contribution in [3.05, 3.63) is 59.4 Å². The van der Waals surface area contributed by atoms with Crippen molar-refractivity contribution in [1.82, 2.24) is 0 Å². The molecule has 1 saturated heterocycles. The van der Waals surface area contributed by atoms with Crippen LogP contribution in [0.15, 0.2) is 42.5 Å². The van der Waals surface area contributed by atoms with Crippen LogP contribution < -0.4 is 10.2 Å². The van der Waals surface area contributed by atoms with E-state index >= 15 is 0 Å². The summed E-state index contributed by atoms with van der Waals surface area (Å²) in [6.45, 7) is 3.28. The smallest absolute Gasteiger partial charge is 0.242 e. The number of benzene rings is 2. The normalized spacial score (nSPS) is 18.1. The SMILES string of the molecule is Cc1ccc(N2C(=O)CS[C@H]2c2cccc(NC(=O)[C@@H](C)Cl)c2)cc1F. The average molecular weight is 393 g/mol. The summed E-state index contributed by atoms with van der Waals surface area (Å²) in [7, 11) is 0. The Labute approximate surface area is 160 Å². The first-order valence-electron chi connectivity index (χ1n) is 8.11. The van der Waals surface area contributed by atoms with Crippen molar-refractivity contribution in [2.24, 2.45) is 0 Å². The Bertz CT molecular complexity index is 859. The van der Waals surface area contributed by atoms with Gasteiger partial charge in [-0.15, -0.1) is 23.4 Å². The van der Waals surface area contributed by atoms with Crippen LogP contribution in [-0.2, 0) is 9.59 Å². The van der Waals surface area contributed by atoms with Crippen LogP contribution in [0.1, 0.15) is 23.4 Å². The van der Waals surface area contributed by atoms with Crippen LogP contribution in [0.5, 0.6) is 0 Å². The van der Waals surface area contributed by atoms with Crippen molar-refractivity contribution in [2.45, 2.75) is 24.6 Å². The van der Waals surface area contributed by atoms with Gasteiger partial charge in [0.1, 0.15) is 16.6 Å². The Kier molecular flexibility index (Phi) is 5.53. The molecule has 2 aromatic rings. The number of carbonyl (C=O) groups is 2. The Morgan fingerprint density at radius 1 is 1.35 bits per heavy atom. The molecule has 4 nitrogen and oxygen atoms in total. The van der Waals surface area contributed by atoms with Crippen LogP contribution in [0.4, 0.5) is 15.8 Å². The van der Waals surface area contributed by atoms with E-state index in [2.05, 4.69) is 5.32 Å². The van der Waals surface area contributed by atoms with E-state index < -0.39 is 5.38 Å². The average Bonchev–Trinajstić information content (AvgIpc) is 2.99. The second-order valence-electron chi connectivity index (χ2n) is 6.09. The molecule has 3 rings (SSSR count). The summed E-state index contributed by atoms with van der Waals surface area (Å²) in [6, 6.07) is 12.1. The number of halogens is 2. The van der Waals surface area contributed by atoms with Crippen molar-refractivity contribution in [2.75, 3.05) is 16.0 Å². The topological polar surface area (TPSA) is 49.4 Å². The Morgan fingerprint density at radius 3 is 2.81 bits per heavy atom.